The van der Waals surface area contributed by atoms with E-state index in [-0.39, 0.29) is 16.3 Å². The highest BCUT2D eigenvalue weighted by atomic mass is 35.5. The zero-order valence-electron chi connectivity index (χ0n) is 15.2. The first-order chi connectivity index (χ1) is 13.3. The maximum absolute atomic E-state index is 12.7. The second-order valence-electron chi connectivity index (χ2n) is 5.85. The second kappa shape index (κ2) is 8.04. The van der Waals surface area contributed by atoms with Gasteiger partial charge in [-0.2, -0.15) is 0 Å². The van der Waals surface area contributed by atoms with Gasteiger partial charge < -0.3 is 9.30 Å². The molecular formula is C19H18ClN3O4S. The third kappa shape index (κ3) is 4.02. The molecule has 3 aromatic rings. The van der Waals surface area contributed by atoms with E-state index in [0.29, 0.717) is 23.0 Å². The molecule has 0 N–H and O–H groups in total. The van der Waals surface area contributed by atoms with E-state index in [2.05, 4.69) is 4.98 Å². The second-order valence-corrected chi connectivity index (χ2v) is 8.25. The highest BCUT2D eigenvalue weighted by Gasteiger charge is 2.21. The fourth-order valence-electron chi connectivity index (χ4n) is 2.49. The molecule has 0 aliphatic heterocycles. The lowest BCUT2D eigenvalue weighted by Crippen LogP contribution is -2.26. The minimum Gasteiger partial charge on any atom is -0.435 e. The van der Waals surface area contributed by atoms with Crippen molar-refractivity contribution < 1.29 is 13.2 Å². The lowest BCUT2D eigenvalue weighted by molar-refractivity contribution is 0.445. The number of nitrogens with zero attached hydrogens (tertiary/aromatic N) is 3. The Morgan fingerprint density at radius 3 is 2.36 bits per heavy atom. The zero-order valence-corrected chi connectivity index (χ0v) is 16.8. The zero-order chi connectivity index (χ0) is 20.3. The molecule has 0 bridgehead atoms. The molecule has 146 valence electrons. The number of aryl methyl sites for hydroxylation is 1. The van der Waals surface area contributed by atoms with Crippen molar-refractivity contribution in [2.45, 2.75) is 18.4 Å². The van der Waals surface area contributed by atoms with Gasteiger partial charge in [0.25, 0.3) is 15.9 Å². The van der Waals surface area contributed by atoms with Gasteiger partial charge in [0, 0.05) is 31.0 Å². The van der Waals surface area contributed by atoms with Crippen LogP contribution in [0, 0.1) is 0 Å². The summed E-state index contributed by atoms with van der Waals surface area (Å²) in [6.07, 6.45) is 3.07. The summed E-state index contributed by atoms with van der Waals surface area (Å²) in [4.78, 5) is 16.3. The third-order valence-electron chi connectivity index (χ3n) is 4.11. The molecule has 1 heterocycles. The van der Waals surface area contributed by atoms with Gasteiger partial charge >= 0.3 is 5.56 Å². The molecule has 0 unspecified atom stereocenters. The van der Waals surface area contributed by atoms with Gasteiger partial charge in [-0.25, -0.2) is 13.4 Å². The summed E-state index contributed by atoms with van der Waals surface area (Å²) in [5.74, 6) is 0.332. The minimum absolute atomic E-state index is 0.0424. The van der Waals surface area contributed by atoms with Gasteiger partial charge in [0.15, 0.2) is 0 Å². The monoisotopic (exact) mass is 419 g/mol. The van der Waals surface area contributed by atoms with Crippen molar-refractivity contribution in [2.24, 2.45) is 0 Å². The Bertz CT molecular complexity index is 1130. The van der Waals surface area contributed by atoms with Gasteiger partial charge in [0.05, 0.1) is 10.6 Å². The first kappa shape index (κ1) is 19.9. The van der Waals surface area contributed by atoms with E-state index >= 15 is 0 Å². The average Bonchev–Trinajstić information content (AvgIpc) is 2.70. The number of hydrogen-bond acceptors (Lipinski definition) is 5. The topological polar surface area (TPSA) is 81.5 Å². The Balaban J connectivity index is 1.82. The normalized spacial score (nSPS) is 11.2. The number of aromatic nitrogens is 2. The number of anilines is 1. The molecule has 0 radical (unpaired) electrons. The number of sulfonamides is 1. The lowest BCUT2D eigenvalue weighted by atomic mass is 10.3. The van der Waals surface area contributed by atoms with Crippen molar-refractivity contribution in [3.8, 4) is 11.6 Å². The van der Waals surface area contributed by atoms with Crippen molar-refractivity contribution in [2.75, 3.05) is 11.4 Å². The fraction of sp³-hybridized carbons (Fsp3) is 0.158. The molecule has 1 aromatic heterocycles. The largest absolute Gasteiger partial charge is 0.435 e. The Morgan fingerprint density at radius 1 is 1.11 bits per heavy atom. The molecular weight excluding hydrogens is 402 g/mol. The molecule has 0 saturated carbocycles. The summed E-state index contributed by atoms with van der Waals surface area (Å²) in [7, 11) is -2.27. The number of ether oxygens (including phenoxy) is 1. The van der Waals surface area contributed by atoms with Crippen LogP contribution in [0.1, 0.15) is 6.92 Å². The van der Waals surface area contributed by atoms with E-state index in [1.165, 1.54) is 42.1 Å². The Labute approximate surface area is 167 Å². The van der Waals surface area contributed by atoms with Crippen LogP contribution in [0.15, 0.2) is 70.6 Å². The van der Waals surface area contributed by atoms with Crippen molar-refractivity contribution in [1.82, 2.24) is 9.55 Å². The van der Waals surface area contributed by atoms with Crippen LogP contribution in [0.4, 0.5) is 5.69 Å². The smallest absolute Gasteiger partial charge is 0.313 e. The predicted molar refractivity (Wildman–Crippen MR) is 108 cm³/mol. The average molecular weight is 420 g/mol. The standard InChI is InChI=1S/C19H18ClN3O4S/c1-3-23-13-12-21-18(19(23)24)27-16-8-6-15(7-9-16)22(2)28(25,26)17-10-4-14(20)5-11-17/h4-13H,3H2,1-2H3. The molecule has 0 fully saturated rings. The van der Waals surface area contributed by atoms with Crippen molar-refractivity contribution >= 4 is 27.3 Å². The number of benzene rings is 2. The van der Waals surface area contributed by atoms with Crippen LogP contribution in [0.25, 0.3) is 0 Å². The molecule has 3 rings (SSSR count). The minimum atomic E-state index is -3.73. The van der Waals surface area contributed by atoms with Crippen LogP contribution >= 0.6 is 11.6 Å². The number of rotatable bonds is 6. The van der Waals surface area contributed by atoms with E-state index in [1.54, 1.807) is 30.5 Å². The van der Waals surface area contributed by atoms with Gasteiger partial charge in [-0.05, 0) is 55.5 Å². The van der Waals surface area contributed by atoms with Gasteiger partial charge in [-0.1, -0.05) is 11.6 Å². The highest BCUT2D eigenvalue weighted by molar-refractivity contribution is 7.92. The molecule has 0 spiro atoms. The molecule has 7 nitrogen and oxygen atoms in total. The first-order valence-electron chi connectivity index (χ1n) is 8.41. The van der Waals surface area contributed by atoms with Gasteiger partial charge in [0.2, 0.25) is 0 Å². The molecule has 0 saturated heterocycles. The molecule has 2 aromatic carbocycles. The van der Waals surface area contributed by atoms with Crippen LogP contribution in [-0.4, -0.2) is 25.0 Å². The SMILES string of the molecule is CCn1ccnc(Oc2ccc(N(C)S(=O)(=O)c3ccc(Cl)cc3)cc2)c1=O. The van der Waals surface area contributed by atoms with Crippen molar-refractivity contribution in [3.05, 3.63) is 76.3 Å². The van der Waals surface area contributed by atoms with Crippen LogP contribution < -0.4 is 14.6 Å². The Hall–Kier alpha value is -2.84. The Kier molecular flexibility index (Phi) is 5.71. The molecule has 9 heteroatoms. The molecule has 28 heavy (non-hydrogen) atoms. The summed E-state index contributed by atoms with van der Waals surface area (Å²) in [6, 6.07) is 12.3. The van der Waals surface area contributed by atoms with Gasteiger partial charge in [0.1, 0.15) is 5.75 Å². The van der Waals surface area contributed by atoms with E-state index < -0.39 is 10.0 Å². The van der Waals surface area contributed by atoms with Crippen molar-refractivity contribution in [1.29, 1.82) is 0 Å². The summed E-state index contributed by atoms with van der Waals surface area (Å²) >= 11 is 5.82. The van der Waals surface area contributed by atoms with E-state index in [0.717, 1.165) is 4.31 Å². The summed E-state index contributed by atoms with van der Waals surface area (Å²) in [5.41, 5.74) is 0.103. The quantitative estimate of drug-likeness (QED) is 0.610. The number of hydrogen-bond donors (Lipinski definition) is 0. The lowest BCUT2D eigenvalue weighted by Gasteiger charge is -2.19. The fourth-order valence-corrected chi connectivity index (χ4v) is 3.81. The number of halogens is 1. The molecule has 0 aliphatic carbocycles. The molecule has 0 atom stereocenters. The van der Waals surface area contributed by atoms with Crippen LogP contribution in [-0.2, 0) is 16.6 Å². The van der Waals surface area contributed by atoms with E-state index in [4.69, 9.17) is 16.3 Å². The van der Waals surface area contributed by atoms with Crippen LogP contribution in [0.5, 0.6) is 11.6 Å². The van der Waals surface area contributed by atoms with E-state index in [1.807, 2.05) is 6.92 Å². The van der Waals surface area contributed by atoms with Crippen LogP contribution in [0.2, 0.25) is 5.02 Å². The van der Waals surface area contributed by atoms with Crippen LogP contribution in [0.3, 0.4) is 0 Å². The summed E-state index contributed by atoms with van der Waals surface area (Å²) in [6.45, 7) is 2.35. The van der Waals surface area contributed by atoms with Crippen molar-refractivity contribution in [3.63, 3.8) is 0 Å². The first-order valence-corrected chi connectivity index (χ1v) is 10.2. The third-order valence-corrected chi connectivity index (χ3v) is 6.16. The molecule has 0 amide bonds. The maximum Gasteiger partial charge on any atom is 0.313 e. The summed E-state index contributed by atoms with van der Waals surface area (Å²) in [5, 5.41) is 0.458. The maximum atomic E-state index is 12.7. The summed E-state index contributed by atoms with van der Waals surface area (Å²) < 4.78 is 33.6. The van der Waals surface area contributed by atoms with Gasteiger partial charge in [-0.15, -0.1) is 0 Å². The predicted octanol–water partition coefficient (Wildman–Crippen LogP) is 3.53. The highest BCUT2D eigenvalue weighted by Crippen LogP contribution is 2.26. The van der Waals surface area contributed by atoms with E-state index in [9.17, 15) is 13.2 Å². The molecule has 0 aliphatic rings. The Morgan fingerprint density at radius 2 is 1.75 bits per heavy atom. The van der Waals surface area contributed by atoms with Gasteiger partial charge in [-0.3, -0.25) is 9.10 Å².